The Kier molecular flexibility index (Phi) is 9.73. The number of benzene rings is 4. The number of aryl methyl sites for hydroxylation is 6. The van der Waals surface area contributed by atoms with Crippen LogP contribution in [0.4, 0.5) is 0 Å². The number of furan rings is 2. The van der Waals surface area contributed by atoms with Crippen LogP contribution in [-0.2, 0) is 44.2 Å². The zero-order chi connectivity index (χ0) is 38.2. The van der Waals surface area contributed by atoms with E-state index in [-0.39, 0.29) is 11.8 Å². The van der Waals surface area contributed by atoms with E-state index in [2.05, 4.69) is 125 Å². The first kappa shape index (κ1) is 36.9. The van der Waals surface area contributed by atoms with Crippen LogP contribution in [0.15, 0.2) is 93.8 Å². The van der Waals surface area contributed by atoms with Gasteiger partial charge in [-0.2, -0.15) is 0 Å². The third kappa shape index (κ3) is 6.30. The van der Waals surface area contributed by atoms with Gasteiger partial charge in [0, 0.05) is 0 Å². The molecule has 10 rings (SSSR count). The van der Waals surface area contributed by atoms with Crippen LogP contribution in [0.5, 0.6) is 0 Å². The first-order valence-electron chi connectivity index (χ1n) is 20.5. The average Bonchev–Trinajstić information content (AvgIpc) is 4.07. The van der Waals surface area contributed by atoms with Crippen molar-refractivity contribution in [3.8, 4) is 22.3 Å². The van der Waals surface area contributed by atoms with E-state index in [1.807, 2.05) is 0 Å². The number of rotatable bonds is 9. The quantitative estimate of drug-likeness (QED) is 0.135. The minimum atomic E-state index is -2.78. The summed E-state index contributed by atoms with van der Waals surface area (Å²) in [6.07, 6.45) is 11.9. The molecule has 2 unspecified atom stereocenters. The van der Waals surface area contributed by atoms with E-state index in [1.54, 1.807) is 0 Å². The molecule has 281 valence electrons. The van der Waals surface area contributed by atoms with Crippen LogP contribution < -0.4 is 0 Å². The van der Waals surface area contributed by atoms with Crippen molar-refractivity contribution in [1.29, 1.82) is 0 Å². The van der Waals surface area contributed by atoms with Gasteiger partial charge in [-0.05, 0) is 0 Å². The van der Waals surface area contributed by atoms with E-state index in [0.29, 0.717) is 0 Å². The van der Waals surface area contributed by atoms with Crippen molar-refractivity contribution in [2.75, 3.05) is 0 Å². The molecule has 2 heterocycles. The molecule has 0 amide bonds. The minimum absolute atomic E-state index is 0.203. The monoisotopic (exact) mass is 867 g/mol. The van der Waals surface area contributed by atoms with E-state index in [0.717, 1.165) is 60.8 Å². The van der Waals surface area contributed by atoms with Gasteiger partial charge in [0.05, 0.1) is 0 Å². The van der Waals surface area contributed by atoms with Crippen molar-refractivity contribution in [3.63, 3.8) is 0 Å². The van der Waals surface area contributed by atoms with Crippen LogP contribution in [0.2, 0.25) is 12.1 Å². The second-order valence-electron chi connectivity index (χ2n) is 16.7. The summed E-state index contributed by atoms with van der Waals surface area (Å²) >= 11 is -2.78. The normalized spacial score (nSPS) is 18.4. The molecule has 0 aliphatic heterocycles. The molecule has 0 bridgehead atoms. The summed E-state index contributed by atoms with van der Waals surface area (Å²) in [7, 11) is 15.0. The van der Waals surface area contributed by atoms with Crippen molar-refractivity contribution in [2.24, 2.45) is 0 Å². The Morgan fingerprint density at radius 3 is 1.39 bits per heavy atom. The van der Waals surface area contributed by atoms with E-state index < -0.39 is 24.4 Å². The first-order chi connectivity index (χ1) is 27.2. The van der Waals surface area contributed by atoms with Crippen molar-refractivity contribution < 1.29 is 27.4 Å². The molecular weight excluding hydrogens is 823 g/mol. The van der Waals surface area contributed by atoms with Crippen LogP contribution in [0.1, 0.15) is 103 Å². The fourth-order valence-electron chi connectivity index (χ4n) is 10.4. The van der Waals surface area contributed by atoms with E-state index >= 15 is 0 Å². The van der Waals surface area contributed by atoms with Crippen molar-refractivity contribution in [3.05, 3.63) is 164 Å². The van der Waals surface area contributed by atoms with Gasteiger partial charge in [0.25, 0.3) is 0 Å². The van der Waals surface area contributed by atoms with Crippen LogP contribution >= 0.6 is 17.0 Å². The molecular formula is C50H47Cl2O2SiZr. The van der Waals surface area contributed by atoms with Gasteiger partial charge in [0.2, 0.25) is 0 Å². The second-order valence-corrected chi connectivity index (χ2v) is 40.2. The average molecular weight is 870 g/mol. The van der Waals surface area contributed by atoms with Gasteiger partial charge in [0.15, 0.2) is 0 Å². The molecule has 56 heavy (non-hydrogen) atoms. The Morgan fingerprint density at radius 2 is 1.02 bits per heavy atom. The van der Waals surface area contributed by atoms with Gasteiger partial charge in [-0.25, -0.2) is 0 Å². The Labute approximate surface area is 347 Å². The van der Waals surface area contributed by atoms with Crippen molar-refractivity contribution in [2.45, 2.75) is 90.1 Å². The van der Waals surface area contributed by atoms with E-state index in [1.165, 1.54) is 102 Å². The van der Waals surface area contributed by atoms with Gasteiger partial charge in [-0.15, -0.1) is 0 Å². The van der Waals surface area contributed by atoms with Crippen LogP contribution in [0.3, 0.4) is 0 Å². The molecule has 0 saturated carbocycles. The standard InChI is InChI=1S/C50H47O2Si.2ClH.Zr/c1-29-21-47(51-31(29)3)41-25-43-39(23-35-17-11-19-37(35)49(43)33-13-7-5-8-14-33)45(41)27-53-28-46-40-24-36-18-12-20-38(36)50(34-15-9-6-10-16-34)44(40)26-42(46)48-22-30(2)32(4)52-48;;;/h5-10,13-16,21-26,45-46,53H,11-12,17-20,27-28H2,1-4H3;2*1H;/q;;;+2/p-2. The Bertz CT molecular complexity index is 2360. The molecule has 0 saturated heterocycles. The Balaban J connectivity index is 1.11. The molecule has 6 aromatic rings. The SMILES string of the molecule is Cc1cc(C2=Cc3c(cc4c(c3-c3ccccc3)CCC4)C2C[SiH](CC2C(c3cc(C)c(C)o3)=Cc3c2cc2c(c3-c3ccccc3)CCC2)[Zr]([Cl])[Cl])oc1C. The summed E-state index contributed by atoms with van der Waals surface area (Å²) in [4.78, 5) is 0. The third-order valence-corrected chi connectivity index (χ3v) is 35.1. The first-order valence-corrected chi connectivity index (χ1v) is 33.3. The fourth-order valence-corrected chi connectivity index (χ4v) is 25.6. The summed E-state index contributed by atoms with van der Waals surface area (Å²) < 4.78 is 13.2. The number of hydrogen-bond acceptors (Lipinski definition) is 2. The molecule has 4 aliphatic carbocycles. The van der Waals surface area contributed by atoms with E-state index in [4.69, 9.17) is 25.9 Å². The van der Waals surface area contributed by atoms with Crippen LogP contribution in [-0.4, -0.2) is 5.92 Å². The van der Waals surface area contributed by atoms with Crippen LogP contribution in [0.25, 0.3) is 45.6 Å². The molecule has 2 nitrogen and oxygen atoms in total. The maximum atomic E-state index is 7.48. The van der Waals surface area contributed by atoms with Gasteiger partial charge < -0.3 is 0 Å². The molecule has 0 fully saturated rings. The summed E-state index contributed by atoms with van der Waals surface area (Å²) in [5.41, 5.74) is 22.2. The number of halogens is 2. The van der Waals surface area contributed by atoms with Gasteiger partial charge in [-0.1, -0.05) is 0 Å². The van der Waals surface area contributed by atoms with E-state index in [9.17, 15) is 0 Å². The van der Waals surface area contributed by atoms with Crippen molar-refractivity contribution in [1.82, 2.24) is 0 Å². The third-order valence-electron chi connectivity index (χ3n) is 13.4. The molecule has 4 aromatic carbocycles. The Morgan fingerprint density at radius 1 is 0.589 bits per heavy atom. The van der Waals surface area contributed by atoms with Gasteiger partial charge in [0.1, 0.15) is 0 Å². The molecule has 0 spiro atoms. The predicted molar refractivity (Wildman–Crippen MR) is 234 cm³/mol. The molecule has 4 aliphatic rings. The topological polar surface area (TPSA) is 26.3 Å². The Hall–Kier alpha value is -3.40. The molecule has 0 N–H and O–H groups in total. The molecule has 6 heteroatoms. The fraction of sp³-hybridized carbons (Fsp3) is 0.280. The zero-order valence-corrected chi connectivity index (χ0v) is 37.8. The number of allylic oxidation sites excluding steroid dienone is 2. The maximum absolute atomic E-state index is 7.48. The summed E-state index contributed by atoms with van der Waals surface area (Å²) in [6.45, 7) is 8.50. The van der Waals surface area contributed by atoms with Gasteiger partial charge >= 0.3 is 350 Å². The molecule has 2 atom stereocenters. The second kappa shape index (κ2) is 14.8. The summed E-state index contributed by atoms with van der Waals surface area (Å²) in [5.74, 6) is 2.66. The number of hydrogen-bond donors (Lipinski definition) is 0. The van der Waals surface area contributed by atoms with Crippen LogP contribution in [0, 0.1) is 27.7 Å². The molecule has 2 aromatic heterocycles. The number of fused-ring (bicyclic) bond motifs is 4. The zero-order valence-electron chi connectivity index (χ0n) is 32.7. The van der Waals surface area contributed by atoms with Gasteiger partial charge in [-0.3, -0.25) is 0 Å². The van der Waals surface area contributed by atoms with Crippen molar-refractivity contribution >= 4 is 46.2 Å². The summed E-state index contributed by atoms with van der Waals surface area (Å²) in [6, 6.07) is 33.9. The predicted octanol–water partition coefficient (Wildman–Crippen LogP) is 14.0. The summed E-state index contributed by atoms with van der Waals surface area (Å²) in [5, 5.41) is 0. The molecule has 0 radical (unpaired) electrons.